The molecular weight excluding hydrogens is 188 g/mol. The molecule has 15 heavy (non-hydrogen) atoms. The molecule has 2 heterocycles. The molecule has 2 aliphatic rings. The third-order valence-corrected chi connectivity index (χ3v) is 3.77. The number of piperidine rings is 1. The van der Waals surface area contributed by atoms with Crippen molar-refractivity contribution in [2.45, 2.75) is 32.2 Å². The topological polar surface area (TPSA) is 38.5 Å². The Balaban J connectivity index is 1.79. The Bertz CT molecular complexity index is 198. The molecule has 0 radical (unpaired) electrons. The van der Waals surface area contributed by atoms with Gasteiger partial charge in [0.25, 0.3) is 0 Å². The zero-order chi connectivity index (χ0) is 10.7. The van der Waals surface area contributed by atoms with Crippen LogP contribution in [0.25, 0.3) is 0 Å². The molecule has 2 aliphatic heterocycles. The summed E-state index contributed by atoms with van der Waals surface area (Å²) in [7, 11) is 0. The van der Waals surface area contributed by atoms with Crippen molar-refractivity contribution in [1.29, 1.82) is 0 Å². The maximum Gasteiger partial charge on any atom is 0.0521 e. The highest BCUT2D eigenvalue weighted by atomic mass is 16.5. The summed E-state index contributed by atoms with van der Waals surface area (Å²) >= 11 is 0. The summed E-state index contributed by atoms with van der Waals surface area (Å²) in [4.78, 5) is 2.58. The van der Waals surface area contributed by atoms with Gasteiger partial charge in [-0.2, -0.15) is 0 Å². The Hall–Kier alpha value is -0.120. The zero-order valence-corrected chi connectivity index (χ0v) is 9.82. The van der Waals surface area contributed by atoms with E-state index in [2.05, 4.69) is 11.8 Å². The van der Waals surface area contributed by atoms with E-state index in [0.717, 1.165) is 32.1 Å². The van der Waals surface area contributed by atoms with Gasteiger partial charge in [-0.3, -0.25) is 0 Å². The minimum absolute atomic E-state index is 0.357. The molecule has 0 aliphatic carbocycles. The van der Waals surface area contributed by atoms with Crippen molar-refractivity contribution in [1.82, 2.24) is 4.90 Å². The summed E-state index contributed by atoms with van der Waals surface area (Å²) in [6.45, 7) is 7.73. The molecule has 3 unspecified atom stereocenters. The largest absolute Gasteiger partial charge is 0.381 e. The van der Waals surface area contributed by atoms with E-state index < -0.39 is 0 Å². The summed E-state index contributed by atoms with van der Waals surface area (Å²) in [6, 6.07) is 0.357. The van der Waals surface area contributed by atoms with Gasteiger partial charge in [0.15, 0.2) is 0 Å². The van der Waals surface area contributed by atoms with Crippen LogP contribution in [0.1, 0.15) is 26.2 Å². The van der Waals surface area contributed by atoms with E-state index in [4.69, 9.17) is 10.5 Å². The normalized spacial score (nSPS) is 39.2. The van der Waals surface area contributed by atoms with Gasteiger partial charge >= 0.3 is 0 Å². The van der Waals surface area contributed by atoms with E-state index in [1.807, 2.05) is 0 Å². The van der Waals surface area contributed by atoms with Crippen LogP contribution in [-0.4, -0.2) is 43.8 Å². The number of hydrogen-bond donors (Lipinski definition) is 1. The molecule has 0 aromatic rings. The molecule has 0 bridgehead atoms. The molecule has 2 saturated heterocycles. The van der Waals surface area contributed by atoms with Gasteiger partial charge in [0.2, 0.25) is 0 Å². The maximum absolute atomic E-state index is 6.12. The Morgan fingerprint density at radius 1 is 1.40 bits per heavy atom. The zero-order valence-electron chi connectivity index (χ0n) is 9.82. The fourth-order valence-corrected chi connectivity index (χ4v) is 2.79. The monoisotopic (exact) mass is 212 g/mol. The molecule has 88 valence electrons. The second kappa shape index (κ2) is 5.28. The molecule has 3 heteroatoms. The van der Waals surface area contributed by atoms with Crippen LogP contribution in [0.15, 0.2) is 0 Å². The van der Waals surface area contributed by atoms with Gasteiger partial charge < -0.3 is 15.4 Å². The average molecular weight is 212 g/mol. The number of ether oxygens (including phenoxy) is 1. The standard InChI is InChI=1S/C12H24N2O/c1-10-3-2-5-14(7-10)8-11-9-15-6-4-12(11)13/h10-12H,2-9,13H2,1H3. The fourth-order valence-electron chi connectivity index (χ4n) is 2.79. The molecule has 2 rings (SSSR count). The Labute approximate surface area is 93.0 Å². The van der Waals surface area contributed by atoms with Gasteiger partial charge in [0.05, 0.1) is 6.61 Å². The lowest BCUT2D eigenvalue weighted by atomic mass is 9.93. The second-order valence-corrected chi connectivity index (χ2v) is 5.29. The number of likely N-dealkylation sites (tertiary alicyclic amines) is 1. The lowest BCUT2D eigenvalue weighted by molar-refractivity contribution is 0.0201. The first-order valence-electron chi connectivity index (χ1n) is 6.31. The highest BCUT2D eigenvalue weighted by Gasteiger charge is 2.26. The van der Waals surface area contributed by atoms with Crippen LogP contribution < -0.4 is 5.73 Å². The van der Waals surface area contributed by atoms with Crippen molar-refractivity contribution >= 4 is 0 Å². The molecule has 3 nitrogen and oxygen atoms in total. The van der Waals surface area contributed by atoms with Crippen molar-refractivity contribution in [3.05, 3.63) is 0 Å². The highest BCUT2D eigenvalue weighted by Crippen LogP contribution is 2.19. The molecule has 0 amide bonds. The van der Waals surface area contributed by atoms with Gasteiger partial charge in [-0.1, -0.05) is 6.92 Å². The van der Waals surface area contributed by atoms with Crippen LogP contribution in [0.5, 0.6) is 0 Å². The summed E-state index contributed by atoms with van der Waals surface area (Å²) in [5, 5.41) is 0. The predicted molar refractivity (Wildman–Crippen MR) is 61.7 cm³/mol. The lowest BCUT2D eigenvalue weighted by Gasteiger charge is -2.37. The van der Waals surface area contributed by atoms with Crippen molar-refractivity contribution in [3.8, 4) is 0 Å². The summed E-state index contributed by atoms with van der Waals surface area (Å²) in [6.07, 6.45) is 3.78. The summed E-state index contributed by atoms with van der Waals surface area (Å²) < 4.78 is 5.51. The van der Waals surface area contributed by atoms with Crippen LogP contribution in [0.3, 0.4) is 0 Å². The number of rotatable bonds is 2. The van der Waals surface area contributed by atoms with Gasteiger partial charge in [0, 0.05) is 31.7 Å². The van der Waals surface area contributed by atoms with Gasteiger partial charge in [-0.05, 0) is 31.7 Å². The average Bonchev–Trinajstić information content (AvgIpc) is 2.22. The van der Waals surface area contributed by atoms with E-state index in [9.17, 15) is 0 Å². The van der Waals surface area contributed by atoms with Crippen molar-refractivity contribution in [2.75, 3.05) is 32.8 Å². The number of hydrogen-bond acceptors (Lipinski definition) is 3. The van der Waals surface area contributed by atoms with Crippen LogP contribution in [0.2, 0.25) is 0 Å². The molecular formula is C12H24N2O. The number of nitrogens with two attached hydrogens (primary N) is 1. The van der Waals surface area contributed by atoms with Crippen LogP contribution in [0.4, 0.5) is 0 Å². The van der Waals surface area contributed by atoms with Crippen LogP contribution in [-0.2, 0) is 4.74 Å². The van der Waals surface area contributed by atoms with Crippen molar-refractivity contribution < 1.29 is 4.74 Å². The van der Waals surface area contributed by atoms with Crippen molar-refractivity contribution in [2.24, 2.45) is 17.6 Å². The molecule has 0 spiro atoms. The molecule has 3 atom stereocenters. The third-order valence-electron chi connectivity index (χ3n) is 3.77. The maximum atomic E-state index is 6.12. The SMILES string of the molecule is CC1CCCN(CC2COCCC2N)C1. The van der Waals surface area contributed by atoms with E-state index in [1.54, 1.807) is 0 Å². The molecule has 2 fully saturated rings. The lowest BCUT2D eigenvalue weighted by Crippen LogP contribution is -2.47. The molecule has 0 saturated carbocycles. The van der Waals surface area contributed by atoms with Gasteiger partial charge in [-0.25, -0.2) is 0 Å². The highest BCUT2D eigenvalue weighted by molar-refractivity contribution is 4.81. The second-order valence-electron chi connectivity index (χ2n) is 5.29. The Morgan fingerprint density at radius 2 is 2.27 bits per heavy atom. The van der Waals surface area contributed by atoms with Gasteiger partial charge in [0.1, 0.15) is 0 Å². The molecule has 0 aromatic heterocycles. The van der Waals surface area contributed by atoms with Crippen LogP contribution >= 0.6 is 0 Å². The minimum atomic E-state index is 0.357. The summed E-state index contributed by atoms with van der Waals surface area (Å²) in [5.74, 6) is 1.42. The Kier molecular flexibility index (Phi) is 4.00. The first-order chi connectivity index (χ1) is 7.25. The summed E-state index contributed by atoms with van der Waals surface area (Å²) in [5.41, 5.74) is 6.12. The molecule has 0 aromatic carbocycles. The minimum Gasteiger partial charge on any atom is -0.381 e. The smallest absolute Gasteiger partial charge is 0.0521 e. The van der Waals surface area contributed by atoms with Crippen molar-refractivity contribution in [3.63, 3.8) is 0 Å². The molecule has 2 N–H and O–H groups in total. The quantitative estimate of drug-likeness (QED) is 0.744. The van der Waals surface area contributed by atoms with Gasteiger partial charge in [-0.15, -0.1) is 0 Å². The fraction of sp³-hybridized carbons (Fsp3) is 1.00. The van der Waals surface area contributed by atoms with Crippen LogP contribution in [0, 0.1) is 11.8 Å². The van der Waals surface area contributed by atoms with E-state index in [-0.39, 0.29) is 0 Å². The van der Waals surface area contributed by atoms with E-state index in [0.29, 0.717) is 12.0 Å². The number of nitrogens with zero attached hydrogens (tertiary/aromatic N) is 1. The van der Waals surface area contributed by atoms with E-state index >= 15 is 0 Å². The van der Waals surface area contributed by atoms with E-state index in [1.165, 1.54) is 25.9 Å². The Morgan fingerprint density at radius 3 is 3.00 bits per heavy atom. The first-order valence-corrected chi connectivity index (χ1v) is 6.31. The predicted octanol–water partition coefficient (Wildman–Crippen LogP) is 1.08. The third kappa shape index (κ3) is 3.16. The first kappa shape index (κ1) is 11.4.